The van der Waals surface area contributed by atoms with Crippen LogP contribution in [0.4, 0.5) is 10.8 Å². The minimum atomic E-state index is -0.287. The number of nitrogens with zero attached hydrogens (tertiary/aromatic N) is 2. The van der Waals surface area contributed by atoms with Gasteiger partial charge in [0.15, 0.2) is 5.13 Å². The first-order valence-electron chi connectivity index (χ1n) is 9.67. The van der Waals surface area contributed by atoms with Crippen LogP contribution in [0.15, 0.2) is 83.3 Å². The van der Waals surface area contributed by atoms with Crippen LogP contribution in [0.2, 0.25) is 5.02 Å². The third-order valence-electron chi connectivity index (χ3n) is 4.54. The SMILES string of the molecule is COc1ccc(/C=N\NC(=O)c2ccc(-c3csc(Nc4ccc(Cl)cc4)n3)cc2)cc1. The Kier molecular flexibility index (Phi) is 6.79. The summed E-state index contributed by atoms with van der Waals surface area (Å²) in [6.07, 6.45) is 1.58. The van der Waals surface area contributed by atoms with Gasteiger partial charge in [0.2, 0.25) is 0 Å². The van der Waals surface area contributed by atoms with Crippen molar-refractivity contribution in [3.8, 4) is 17.0 Å². The average molecular weight is 463 g/mol. The molecule has 0 saturated heterocycles. The highest BCUT2D eigenvalue weighted by atomic mass is 35.5. The molecular formula is C24H19ClN4O2S. The Morgan fingerprint density at radius 2 is 1.75 bits per heavy atom. The topological polar surface area (TPSA) is 75.6 Å². The first-order valence-corrected chi connectivity index (χ1v) is 10.9. The molecule has 1 heterocycles. The van der Waals surface area contributed by atoms with Gasteiger partial charge in [0, 0.05) is 27.2 Å². The monoisotopic (exact) mass is 462 g/mol. The van der Waals surface area contributed by atoms with E-state index < -0.39 is 0 Å². The van der Waals surface area contributed by atoms with E-state index in [0.29, 0.717) is 10.6 Å². The predicted molar refractivity (Wildman–Crippen MR) is 130 cm³/mol. The van der Waals surface area contributed by atoms with Crippen molar-refractivity contribution in [3.05, 3.63) is 94.3 Å². The fraction of sp³-hybridized carbons (Fsp3) is 0.0417. The number of hydrazone groups is 1. The van der Waals surface area contributed by atoms with Crippen molar-refractivity contribution >= 4 is 45.9 Å². The molecule has 8 heteroatoms. The fourth-order valence-corrected chi connectivity index (χ4v) is 3.70. The van der Waals surface area contributed by atoms with Crippen molar-refractivity contribution in [2.45, 2.75) is 0 Å². The van der Waals surface area contributed by atoms with Crippen molar-refractivity contribution in [3.63, 3.8) is 0 Å². The van der Waals surface area contributed by atoms with Crippen molar-refractivity contribution in [2.75, 3.05) is 12.4 Å². The largest absolute Gasteiger partial charge is 0.497 e. The lowest BCUT2D eigenvalue weighted by atomic mass is 10.1. The van der Waals surface area contributed by atoms with Gasteiger partial charge in [-0.25, -0.2) is 10.4 Å². The summed E-state index contributed by atoms with van der Waals surface area (Å²) in [6.45, 7) is 0. The molecule has 0 aliphatic rings. The summed E-state index contributed by atoms with van der Waals surface area (Å²) in [5.41, 5.74) is 6.57. The van der Waals surface area contributed by atoms with Crippen LogP contribution in [0, 0.1) is 0 Å². The molecule has 0 bridgehead atoms. The van der Waals surface area contributed by atoms with Gasteiger partial charge in [0.05, 0.1) is 19.0 Å². The summed E-state index contributed by atoms with van der Waals surface area (Å²) in [4.78, 5) is 16.9. The maximum Gasteiger partial charge on any atom is 0.271 e. The molecule has 4 rings (SSSR count). The van der Waals surface area contributed by atoms with Crippen LogP contribution in [0.25, 0.3) is 11.3 Å². The molecule has 2 N–H and O–H groups in total. The number of rotatable bonds is 7. The van der Waals surface area contributed by atoms with Crippen LogP contribution in [0.1, 0.15) is 15.9 Å². The quantitative estimate of drug-likeness (QED) is 0.261. The van der Waals surface area contributed by atoms with Gasteiger partial charge >= 0.3 is 0 Å². The number of hydrogen-bond donors (Lipinski definition) is 2. The van der Waals surface area contributed by atoms with E-state index in [9.17, 15) is 4.79 Å². The molecule has 0 radical (unpaired) electrons. The smallest absolute Gasteiger partial charge is 0.271 e. The van der Waals surface area contributed by atoms with Crippen LogP contribution < -0.4 is 15.5 Å². The number of halogens is 1. The van der Waals surface area contributed by atoms with Gasteiger partial charge in [-0.2, -0.15) is 5.10 Å². The van der Waals surface area contributed by atoms with E-state index in [0.717, 1.165) is 33.4 Å². The first kappa shape index (κ1) is 21.5. The average Bonchev–Trinajstić information content (AvgIpc) is 3.29. The van der Waals surface area contributed by atoms with Crippen molar-refractivity contribution in [1.29, 1.82) is 0 Å². The van der Waals surface area contributed by atoms with E-state index in [2.05, 4.69) is 20.8 Å². The van der Waals surface area contributed by atoms with Crippen LogP contribution in [-0.4, -0.2) is 24.2 Å². The molecule has 0 aliphatic heterocycles. The Balaban J connectivity index is 1.36. The Bertz CT molecular complexity index is 1220. The molecule has 0 fully saturated rings. The van der Waals surface area contributed by atoms with Crippen molar-refractivity contribution in [1.82, 2.24) is 10.4 Å². The number of amides is 1. The van der Waals surface area contributed by atoms with Gasteiger partial charge in [-0.3, -0.25) is 4.79 Å². The van der Waals surface area contributed by atoms with Crippen molar-refractivity contribution in [2.24, 2.45) is 5.10 Å². The lowest BCUT2D eigenvalue weighted by Crippen LogP contribution is -2.17. The second kappa shape index (κ2) is 10.1. The number of thiazole rings is 1. The van der Waals surface area contributed by atoms with E-state index in [4.69, 9.17) is 16.3 Å². The molecule has 1 amide bonds. The number of aromatic nitrogens is 1. The fourth-order valence-electron chi connectivity index (χ4n) is 2.83. The third-order valence-corrected chi connectivity index (χ3v) is 5.55. The molecule has 32 heavy (non-hydrogen) atoms. The van der Waals surface area contributed by atoms with E-state index in [1.54, 1.807) is 25.5 Å². The number of carbonyl (C=O) groups excluding carboxylic acids is 1. The lowest BCUT2D eigenvalue weighted by molar-refractivity contribution is 0.0955. The maximum absolute atomic E-state index is 12.3. The third kappa shape index (κ3) is 5.51. The Morgan fingerprint density at radius 1 is 1.03 bits per heavy atom. The molecule has 1 aromatic heterocycles. The molecule has 0 aliphatic carbocycles. The van der Waals surface area contributed by atoms with Gasteiger partial charge in [-0.1, -0.05) is 23.7 Å². The summed E-state index contributed by atoms with van der Waals surface area (Å²) in [5.74, 6) is 0.476. The summed E-state index contributed by atoms with van der Waals surface area (Å²) < 4.78 is 5.12. The normalized spacial score (nSPS) is 10.8. The Hall–Kier alpha value is -3.68. The molecule has 160 valence electrons. The van der Waals surface area contributed by atoms with Crippen LogP contribution in [0.5, 0.6) is 5.75 Å². The van der Waals surface area contributed by atoms with Gasteiger partial charge < -0.3 is 10.1 Å². The highest BCUT2D eigenvalue weighted by Crippen LogP contribution is 2.27. The highest BCUT2D eigenvalue weighted by molar-refractivity contribution is 7.14. The maximum atomic E-state index is 12.3. The number of ether oxygens (including phenoxy) is 1. The molecule has 0 spiro atoms. The number of carbonyl (C=O) groups is 1. The van der Waals surface area contributed by atoms with Gasteiger partial charge in [-0.15, -0.1) is 11.3 Å². The zero-order valence-electron chi connectivity index (χ0n) is 17.1. The number of nitrogens with one attached hydrogen (secondary N) is 2. The molecular weight excluding hydrogens is 444 g/mol. The molecule has 0 atom stereocenters. The molecule has 4 aromatic rings. The summed E-state index contributed by atoms with van der Waals surface area (Å²) in [6, 6.07) is 22.0. The van der Waals surface area contributed by atoms with E-state index in [-0.39, 0.29) is 5.91 Å². The second-order valence-corrected chi connectivity index (χ2v) is 8.01. The number of anilines is 2. The number of methoxy groups -OCH3 is 1. The standard InChI is InChI=1S/C24H19ClN4O2S/c1-31-21-12-2-16(3-13-21)14-26-29-23(30)18-6-4-17(5-7-18)22-15-32-24(28-22)27-20-10-8-19(25)9-11-20/h2-15H,1H3,(H,27,28)(H,29,30)/b26-14-. The molecule has 6 nitrogen and oxygen atoms in total. The predicted octanol–water partition coefficient (Wildman–Crippen LogP) is 5.98. The zero-order chi connectivity index (χ0) is 22.3. The van der Waals surface area contributed by atoms with Crippen LogP contribution >= 0.6 is 22.9 Å². The number of hydrogen-bond acceptors (Lipinski definition) is 6. The minimum absolute atomic E-state index is 0.287. The minimum Gasteiger partial charge on any atom is -0.497 e. The summed E-state index contributed by atoms with van der Waals surface area (Å²) >= 11 is 7.42. The zero-order valence-corrected chi connectivity index (χ0v) is 18.7. The van der Waals surface area contributed by atoms with Gasteiger partial charge in [0.1, 0.15) is 5.75 Å². The van der Waals surface area contributed by atoms with Crippen LogP contribution in [0.3, 0.4) is 0 Å². The van der Waals surface area contributed by atoms with Crippen molar-refractivity contribution < 1.29 is 9.53 Å². The van der Waals surface area contributed by atoms with Crippen LogP contribution in [-0.2, 0) is 0 Å². The van der Waals surface area contributed by atoms with E-state index in [1.807, 2.05) is 66.0 Å². The highest BCUT2D eigenvalue weighted by Gasteiger charge is 2.08. The lowest BCUT2D eigenvalue weighted by Gasteiger charge is -2.03. The summed E-state index contributed by atoms with van der Waals surface area (Å²) in [5, 5.41) is 10.7. The molecule has 0 saturated carbocycles. The van der Waals surface area contributed by atoms with E-state index >= 15 is 0 Å². The van der Waals surface area contributed by atoms with E-state index in [1.165, 1.54) is 11.3 Å². The second-order valence-electron chi connectivity index (χ2n) is 6.72. The Morgan fingerprint density at radius 3 is 2.44 bits per heavy atom. The molecule has 0 unspecified atom stereocenters. The van der Waals surface area contributed by atoms with Gasteiger partial charge in [0.25, 0.3) is 5.91 Å². The summed E-state index contributed by atoms with van der Waals surface area (Å²) in [7, 11) is 1.61. The van der Waals surface area contributed by atoms with Gasteiger partial charge in [-0.05, 0) is 66.2 Å². The number of benzene rings is 3. The molecule has 3 aromatic carbocycles. The Labute approximate surface area is 194 Å². The first-order chi connectivity index (χ1) is 15.6.